The average molecular weight is 1640 g/mol. The van der Waals surface area contributed by atoms with Gasteiger partial charge < -0.3 is 27.0 Å². The fraction of sp³-hybridized carbons (Fsp3) is 0. The summed E-state index contributed by atoms with van der Waals surface area (Å²) in [5, 5.41) is 12.9. The summed E-state index contributed by atoms with van der Waals surface area (Å²) < 4.78 is 30.6. The van der Waals surface area contributed by atoms with Crippen LogP contribution < -0.4 is 0 Å². The first-order valence-corrected chi connectivity index (χ1v) is 44.0. The molecule has 19 aromatic carbocycles. The van der Waals surface area contributed by atoms with E-state index in [9.17, 15) is 0 Å². The zero-order chi connectivity index (χ0) is 83.8. The van der Waals surface area contributed by atoms with Crippen molar-refractivity contribution >= 4 is 130 Å². The van der Waals surface area contributed by atoms with E-state index < -0.39 is 0 Å². The summed E-state index contributed by atoms with van der Waals surface area (Å²) in [6, 6.07) is 166. The van der Waals surface area contributed by atoms with Crippen molar-refractivity contribution in [3.05, 3.63) is 467 Å². The van der Waals surface area contributed by atoms with Crippen LogP contribution in [0.15, 0.2) is 480 Å². The standard InChI is InChI=1S/C44H29NO.C38H23NOS.C38H25NO/c1-5-15-30(16-6-1)34-27-35(31-17-7-2-8-18-31)29-36(28-34)45-39-24-14-13-23-37(39)42-40(45)26-25-38-41(32-19-9-3-10-20-32)43(46-44(38)42)33-21-11-4-12-22-33;1-3-11-24(12-4-1)35-29-20-21-32-36(38(29)40-37(35)25-13-5-2-6-14-25)28-16-7-9-17-31(28)39(32)26-19-22-34-30(23-26)27-15-8-10-18-33(27)41-34;1-4-13-26(14-5-1)29-19-12-20-30(25-29)39-33-22-11-10-21-31(33)36-34(39)24-23-32-35(27-15-6-2-7-16-27)37(40-38(32)36)28-17-8-3-9-18-28/h1-29H;1-23H;1-25H. The average Bonchev–Trinajstić information content (AvgIpc) is 1.57. The van der Waals surface area contributed by atoms with Crippen molar-refractivity contribution in [2.75, 3.05) is 0 Å². The molecule has 0 atom stereocenters. The van der Waals surface area contributed by atoms with Gasteiger partial charge in [-0.05, 0) is 159 Å². The second-order valence-electron chi connectivity index (χ2n) is 32.4. The minimum atomic E-state index is 0.892. The minimum absolute atomic E-state index is 0.892. The van der Waals surface area contributed by atoms with Gasteiger partial charge in [-0.1, -0.05) is 358 Å². The first kappa shape index (κ1) is 74.3. The number of nitrogens with zero attached hydrogens (tertiary/aromatic N) is 3. The third kappa shape index (κ3) is 12.9. The quantitative estimate of drug-likeness (QED) is 0.122. The predicted molar refractivity (Wildman–Crippen MR) is 533 cm³/mol. The van der Waals surface area contributed by atoms with Gasteiger partial charge in [0.1, 0.15) is 34.0 Å². The Balaban J connectivity index is 0.000000107. The van der Waals surface area contributed by atoms with E-state index in [0.717, 1.165) is 161 Å². The molecular weight excluding hydrogens is 1560 g/mol. The molecule has 7 heteroatoms. The maximum atomic E-state index is 6.98. The number of hydrogen-bond donors (Lipinski definition) is 0. The van der Waals surface area contributed by atoms with Crippen LogP contribution in [0.1, 0.15) is 0 Å². The Morgan fingerprint density at radius 2 is 0.441 bits per heavy atom. The highest BCUT2D eigenvalue weighted by Crippen LogP contribution is 2.52. The topological polar surface area (TPSA) is 54.2 Å². The summed E-state index contributed by atoms with van der Waals surface area (Å²) in [5.74, 6) is 2.70. The lowest BCUT2D eigenvalue weighted by Gasteiger charge is -2.14. The van der Waals surface area contributed by atoms with Gasteiger partial charge in [0.25, 0.3) is 0 Å². The molecule has 0 aliphatic heterocycles. The summed E-state index contributed by atoms with van der Waals surface area (Å²) in [6.07, 6.45) is 0. The highest BCUT2D eigenvalue weighted by Gasteiger charge is 2.29. The van der Waals surface area contributed by atoms with Gasteiger partial charge in [0.2, 0.25) is 0 Å². The highest BCUT2D eigenvalue weighted by molar-refractivity contribution is 7.25. The maximum Gasteiger partial charge on any atom is 0.145 e. The molecule has 26 aromatic rings. The van der Waals surface area contributed by atoms with Crippen molar-refractivity contribution in [1.29, 1.82) is 0 Å². The number of para-hydroxylation sites is 3. The number of fused-ring (bicyclic) bond motifs is 18. The largest absolute Gasteiger partial charge is 0.455 e. The number of thiophene rings is 1. The molecule has 0 saturated carbocycles. The first-order chi connectivity index (χ1) is 63.0. The fourth-order valence-corrected chi connectivity index (χ4v) is 20.4. The van der Waals surface area contributed by atoms with Gasteiger partial charge in [0, 0.05) is 103 Å². The smallest absolute Gasteiger partial charge is 0.145 e. The molecule has 0 saturated heterocycles. The molecule has 7 heterocycles. The van der Waals surface area contributed by atoms with Crippen molar-refractivity contribution in [1.82, 2.24) is 13.7 Å². The molecule has 0 radical (unpaired) electrons. The van der Waals surface area contributed by atoms with Crippen LogP contribution in [0.3, 0.4) is 0 Å². The van der Waals surface area contributed by atoms with Gasteiger partial charge >= 0.3 is 0 Å². The van der Waals surface area contributed by atoms with Crippen molar-refractivity contribution in [3.8, 4) is 118 Å². The van der Waals surface area contributed by atoms with E-state index in [1.54, 1.807) is 0 Å². The minimum Gasteiger partial charge on any atom is -0.455 e. The lowest BCUT2D eigenvalue weighted by molar-refractivity contribution is 0.635. The molecule has 0 spiro atoms. The van der Waals surface area contributed by atoms with Gasteiger partial charge in [-0.25, -0.2) is 0 Å². The number of hydrogen-bond acceptors (Lipinski definition) is 4. The zero-order valence-corrected chi connectivity index (χ0v) is 69.7. The van der Waals surface area contributed by atoms with Crippen LogP contribution in [0.5, 0.6) is 0 Å². The first-order valence-electron chi connectivity index (χ1n) is 43.2. The molecule has 0 fully saturated rings. The summed E-state index contributed by atoms with van der Waals surface area (Å²) in [7, 11) is 0. The second kappa shape index (κ2) is 31.4. The molecule has 0 N–H and O–H groups in total. The van der Waals surface area contributed by atoms with Crippen LogP contribution in [-0.2, 0) is 0 Å². The lowest BCUT2D eigenvalue weighted by Crippen LogP contribution is -1.96. The Bertz CT molecular complexity index is 8590. The monoisotopic (exact) mass is 1640 g/mol. The van der Waals surface area contributed by atoms with Crippen molar-refractivity contribution < 1.29 is 13.3 Å². The summed E-state index contributed by atoms with van der Waals surface area (Å²) in [6.45, 7) is 0. The Morgan fingerprint density at radius 1 is 0.157 bits per heavy atom. The van der Waals surface area contributed by atoms with E-state index >= 15 is 0 Å². The maximum absolute atomic E-state index is 6.98. The van der Waals surface area contributed by atoms with Crippen LogP contribution in [0.25, 0.3) is 236 Å². The lowest BCUT2D eigenvalue weighted by atomic mass is 9.97. The van der Waals surface area contributed by atoms with Crippen molar-refractivity contribution in [3.63, 3.8) is 0 Å². The molecule has 0 aliphatic rings. The van der Waals surface area contributed by atoms with Crippen LogP contribution in [0, 0.1) is 0 Å². The van der Waals surface area contributed by atoms with E-state index in [2.05, 4.69) is 463 Å². The summed E-state index contributed by atoms with van der Waals surface area (Å²) in [4.78, 5) is 0. The fourth-order valence-electron chi connectivity index (χ4n) is 19.4. The number of furan rings is 3. The molecule has 26 rings (SSSR count). The number of aromatic nitrogens is 3. The Kier molecular flexibility index (Phi) is 18.4. The van der Waals surface area contributed by atoms with Crippen LogP contribution >= 0.6 is 11.3 Å². The SMILES string of the molecule is c1ccc(-c2cc(-c3ccccc3)cc(-n3c4ccccc4c4c5oc(-c6ccccc6)c(-c6ccccc6)c5ccc43)c2)cc1.c1ccc(-c2cccc(-n3c4ccccc4c4c5oc(-c6ccccc6)c(-c6ccccc6)c5ccc43)c2)cc1.c1ccc(-c2oc3c(ccc4c3c3ccccc3n4-c3ccc4sc5ccccc5c4c3)c2-c2ccccc2)cc1. The number of rotatable bonds is 12. The molecule has 6 nitrogen and oxygen atoms in total. The molecule has 7 aromatic heterocycles. The van der Waals surface area contributed by atoms with Crippen LogP contribution in [-0.4, -0.2) is 13.7 Å². The third-order valence-corrected chi connectivity index (χ3v) is 26.1. The second-order valence-corrected chi connectivity index (χ2v) is 33.5. The third-order valence-electron chi connectivity index (χ3n) is 25.0. The van der Waals surface area contributed by atoms with Crippen molar-refractivity contribution in [2.24, 2.45) is 0 Å². The molecule has 0 bridgehead atoms. The molecular formula is C120H77N3O3S. The van der Waals surface area contributed by atoms with Gasteiger partial charge in [-0.15, -0.1) is 11.3 Å². The predicted octanol–water partition coefficient (Wildman–Crippen LogP) is 34.0. The van der Waals surface area contributed by atoms with Crippen LogP contribution in [0.4, 0.5) is 0 Å². The highest BCUT2D eigenvalue weighted by atomic mass is 32.1. The normalized spacial score (nSPS) is 11.6. The zero-order valence-electron chi connectivity index (χ0n) is 68.9. The Labute approximate surface area is 736 Å². The van der Waals surface area contributed by atoms with E-state index in [0.29, 0.717) is 0 Å². The molecule has 127 heavy (non-hydrogen) atoms. The van der Waals surface area contributed by atoms with Crippen molar-refractivity contribution in [2.45, 2.75) is 0 Å². The van der Waals surface area contributed by atoms with Gasteiger partial charge in [-0.3, -0.25) is 0 Å². The van der Waals surface area contributed by atoms with E-state index in [1.165, 1.54) is 75.2 Å². The van der Waals surface area contributed by atoms with Gasteiger partial charge in [-0.2, -0.15) is 0 Å². The molecule has 596 valence electrons. The number of benzene rings is 19. The van der Waals surface area contributed by atoms with Crippen LogP contribution in [0.2, 0.25) is 0 Å². The Morgan fingerprint density at radius 3 is 0.819 bits per heavy atom. The molecule has 0 amide bonds. The summed E-state index contributed by atoms with van der Waals surface area (Å²) in [5.41, 5.74) is 30.2. The van der Waals surface area contributed by atoms with Gasteiger partial charge in [0.05, 0.1) is 49.3 Å². The van der Waals surface area contributed by atoms with E-state index in [-0.39, 0.29) is 0 Å². The van der Waals surface area contributed by atoms with E-state index in [4.69, 9.17) is 13.3 Å². The van der Waals surface area contributed by atoms with Gasteiger partial charge in [0.15, 0.2) is 0 Å². The summed E-state index contributed by atoms with van der Waals surface area (Å²) >= 11 is 1.85. The molecule has 0 aliphatic carbocycles. The van der Waals surface area contributed by atoms with E-state index in [1.807, 2.05) is 29.5 Å². The Hall–Kier alpha value is -16.6. The molecule has 0 unspecified atom stereocenters.